The highest BCUT2D eigenvalue weighted by Crippen LogP contribution is 2.27. The third kappa shape index (κ3) is 3.60. The van der Waals surface area contributed by atoms with Crippen LogP contribution in [0.4, 0.5) is 0 Å². The first-order valence-electron chi connectivity index (χ1n) is 8.05. The van der Waals surface area contributed by atoms with Crippen LogP contribution in [-0.4, -0.2) is 31.1 Å². The normalized spacial score (nSPS) is 15.4. The molecule has 1 amide bonds. The fourth-order valence-corrected chi connectivity index (χ4v) is 3.65. The van der Waals surface area contributed by atoms with Gasteiger partial charge in [-0.1, -0.05) is 0 Å². The van der Waals surface area contributed by atoms with Gasteiger partial charge < -0.3 is 14.1 Å². The molecule has 2 aromatic rings. The highest BCUT2D eigenvalue weighted by Gasteiger charge is 2.24. The second-order valence-electron chi connectivity index (χ2n) is 6.17. The van der Waals surface area contributed by atoms with Gasteiger partial charge in [-0.25, -0.2) is 4.79 Å². The first-order chi connectivity index (χ1) is 11.6. The van der Waals surface area contributed by atoms with Crippen LogP contribution in [0.25, 0.3) is 0 Å². The molecular weight excluding hydrogens is 326 g/mol. The van der Waals surface area contributed by atoms with Crippen molar-refractivity contribution in [3.8, 4) is 0 Å². The van der Waals surface area contributed by atoms with Gasteiger partial charge in [0.2, 0.25) is 0 Å². The van der Waals surface area contributed by atoms with E-state index in [1.165, 1.54) is 0 Å². The number of aryl methyl sites for hydroxylation is 1. The molecule has 0 aliphatic carbocycles. The third-order valence-corrected chi connectivity index (χ3v) is 5.08. The van der Waals surface area contributed by atoms with Crippen LogP contribution in [-0.2, 0) is 11.3 Å². The van der Waals surface area contributed by atoms with Gasteiger partial charge in [0.25, 0.3) is 5.91 Å². The van der Waals surface area contributed by atoms with E-state index in [-0.39, 0.29) is 17.4 Å². The number of ether oxygens (including phenoxy) is 1. The van der Waals surface area contributed by atoms with E-state index >= 15 is 0 Å². The summed E-state index contributed by atoms with van der Waals surface area (Å²) in [7, 11) is 1.70. The van der Waals surface area contributed by atoms with Crippen LogP contribution in [0.1, 0.15) is 46.0 Å². The number of amides is 1. The molecule has 6 heteroatoms. The van der Waals surface area contributed by atoms with Gasteiger partial charge in [-0.15, -0.1) is 0 Å². The summed E-state index contributed by atoms with van der Waals surface area (Å²) in [5.74, 6) is 0.557. The highest BCUT2D eigenvalue weighted by atomic mass is 32.1. The smallest absolute Gasteiger partial charge is 0.349 e. The Morgan fingerprint density at radius 1 is 1.38 bits per heavy atom. The summed E-state index contributed by atoms with van der Waals surface area (Å²) in [6.45, 7) is 3.63. The topological polar surface area (TPSA) is 59.8 Å². The summed E-state index contributed by atoms with van der Waals surface area (Å²) in [6, 6.07) is 3.81. The molecule has 0 saturated carbocycles. The van der Waals surface area contributed by atoms with Crippen molar-refractivity contribution in [1.29, 1.82) is 0 Å². The largest absolute Gasteiger partial charge is 0.427 e. The van der Waals surface area contributed by atoms with Crippen LogP contribution in [0.2, 0.25) is 0 Å². The quantitative estimate of drug-likeness (QED) is 0.852. The maximum absolute atomic E-state index is 12.6. The van der Waals surface area contributed by atoms with Gasteiger partial charge in [0.1, 0.15) is 11.3 Å². The van der Waals surface area contributed by atoms with Crippen molar-refractivity contribution in [2.24, 2.45) is 0 Å². The van der Waals surface area contributed by atoms with Gasteiger partial charge in [0.05, 0.1) is 0 Å². The highest BCUT2D eigenvalue weighted by molar-refractivity contribution is 7.07. The number of hydrogen-bond donors (Lipinski definition) is 0. The zero-order chi connectivity index (χ0) is 17.1. The van der Waals surface area contributed by atoms with Crippen molar-refractivity contribution in [3.05, 3.63) is 55.8 Å². The van der Waals surface area contributed by atoms with Gasteiger partial charge in [-0.3, -0.25) is 4.79 Å². The van der Waals surface area contributed by atoms with Crippen LogP contribution < -0.4 is 5.63 Å². The Morgan fingerprint density at radius 3 is 2.75 bits per heavy atom. The number of carbonyl (C=O) groups is 1. The van der Waals surface area contributed by atoms with Crippen molar-refractivity contribution in [2.45, 2.75) is 32.2 Å². The zero-order valence-electron chi connectivity index (χ0n) is 13.9. The first-order valence-corrected chi connectivity index (χ1v) is 8.99. The summed E-state index contributed by atoms with van der Waals surface area (Å²) in [5.41, 5.74) is 1.31. The Morgan fingerprint density at radius 2 is 2.12 bits per heavy atom. The molecule has 0 bridgehead atoms. The van der Waals surface area contributed by atoms with E-state index in [1.807, 2.05) is 22.9 Å². The summed E-state index contributed by atoms with van der Waals surface area (Å²) in [4.78, 5) is 26.6. The molecule has 0 spiro atoms. The minimum absolute atomic E-state index is 0.128. The molecule has 2 aromatic heterocycles. The van der Waals surface area contributed by atoms with Crippen LogP contribution in [0, 0.1) is 6.92 Å². The van der Waals surface area contributed by atoms with Crippen LogP contribution in [0.5, 0.6) is 0 Å². The Hall–Kier alpha value is -1.92. The summed E-state index contributed by atoms with van der Waals surface area (Å²) in [6.07, 6.45) is 1.68. The van der Waals surface area contributed by atoms with Crippen LogP contribution in [0.3, 0.4) is 0 Å². The predicted molar refractivity (Wildman–Crippen MR) is 92.6 cm³/mol. The second kappa shape index (κ2) is 7.32. The minimum atomic E-state index is -0.543. The molecule has 1 saturated heterocycles. The Balaban J connectivity index is 1.82. The number of hydrogen-bond acceptors (Lipinski definition) is 5. The van der Waals surface area contributed by atoms with Crippen LogP contribution >= 0.6 is 11.3 Å². The third-order valence-electron chi connectivity index (χ3n) is 4.35. The monoisotopic (exact) mass is 347 g/mol. The number of carbonyl (C=O) groups excluding carboxylic acids is 1. The van der Waals surface area contributed by atoms with Gasteiger partial charge in [-0.2, -0.15) is 11.3 Å². The molecule has 1 aliphatic heterocycles. The lowest BCUT2D eigenvalue weighted by Gasteiger charge is -2.22. The molecule has 128 valence electrons. The number of rotatable bonds is 4. The molecule has 1 fully saturated rings. The van der Waals surface area contributed by atoms with Gasteiger partial charge >= 0.3 is 5.63 Å². The van der Waals surface area contributed by atoms with Gasteiger partial charge in [0, 0.05) is 32.7 Å². The van der Waals surface area contributed by atoms with E-state index in [9.17, 15) is 9.59 Å². The average Bonchev–Trinajstić information content (AvgIpc) is 3.07. The number of thiophene rings is 1. The molecule has 3 heterocycles. The zero-order valence-corrected chi connectivity index (χ0v) is 14.7. The maximum Gasteiger partial charge on any atom is 0.349 e. The van der Waals surface area contributed by atoms with E-state index in [0.29, 0.717) is 31.1 Å². The van der Waals surface area contributed by atoms with Crippen molar-refractivity contribution < 1.29 is 13.9 Å². The fraction of sp³-hybridized carbons (Fsp3) is 0.444. The molecular formula is C18H21NO4S. The Kier molecular flexibility index (Phi) is 5.16. The summed E-state index contributed by atoms with van der Waals surface area (Å²) in [5, 5.41) is 3.96. The summed E-state index contributed by atoms with van der Waals surface area (Å²) >= 11 is 1.58. The van der Waals surface area contributed by atoms with Crippen molar-refractivity contribution in [2.75, 3.05) is 20.3 Å². The van der Waals surface area contributed by atoms with E-state index < -0.39 is 5.63 Å². The SMILES string of the molecule is Cc1cc(C2CCOCC2)oc(=O)c1C(=O)N(C)Cc1ccsc1. The molecule has 0 unspecified atom stereocenters. The van der Waals surface area contributed by atoms with Gasteiger partial charge in [-0.05, 0) is 53.8 Å². The molecule has 0 N–H and O–H groups in total. The summed E-state index contributed by atoms with van der Waals surface area (Å²) < 4.78 is 10.8. The van der Waals surface area contributed by atoms with Crippen LogP contribution in [0.15, 0.2) is 32.1 Å². The lowest BCUT2D eigenvalue weighted by molar-refractivity contribution is 0.0764. The van der Waals surface area contributed by atoms with E-state index in [2.05, 4.69) is 0 Å². The second-order valence-corrected chi connectivity index (χ2v) is 6.95. The molecule has 5 nitrogen and oxygen atoms in total. The lowest BCUT2D eigenvalue weighted by atomic mass is 9.95. The van der Waals surface area contributed by atoms with Crippen molar-refractivity contribution >= 4 is 17.2 Å². The first kappa shape index (κ1) is 16.9. The molecule has 0 aromatic carbocycles. The average molecular weight is 347 g/mol. The minimum Gasteiger partial charge on any atom is -0.427 e. The van der Waals surface area contributed by atoms with E-state index in [4.69, 9.17) is 9.15 Å². The Bertz CT molecular complexity index is 760. The standard InChI is InChI=1S/C18H21NO4S/c1-12-9-15(14-3-6-22-7-4-14)23-18(21)16(12)17(20)19(2)10-13-5-8-24-11-13/h5,8-9,11,14H,3-4,6-7,10H2,1-2H3. The van der Waals surface area contributed by atoms with Crippen molar-refractivity contribution in [1.82, 2.24) is 4.90 Å². The molecule has 1 aliphatic rings. The van der Waals surface area contributed by atoms with E-state index in [1.54, 1.807) is 30.2 Å². The lowest BCUT2D eigenvalue weighted by Crippen LogP contribution is -2.31. The van der Waals surface area contributed by atoms with Gasteiger partial charge in [0.15, 0.2) is 0 Å². The molecule has 0 radical (unpaired) electrons. The maximum atomic E-state index is 12.6. The predicted octanol–water partition coefficient (Wildman–Crippen LogP) is 3.18. The number of nitrogens with zero attached hydrogens (tertiary/aromatic N) is 1. The van der Waals surface area contributed by atoms with Crippen molar-refractivity contribution in [3.63, 3.8) is 0 Å². The van der Waals surface area contributed by atoms with E-state index in [0.717, 1.165) is 18.4 Å². The fourth-order valence-electron chi connectivity index (χ4n) is 2.99. The Labute approximate surface area is 144 Å². The molecule has 0 atom stereocenters. The molecule has 24 heavy (non-hydrogen) atoms. The molecule has 3 rings (SSSR count).